The van der Waals surface area contributed by atoms with Crippen molar-refractivity contribution < 1.29 is 33.8 Å². The van der Waals surface area contributed by atoms with E-state index < -0.39 is 58.7 Å². The number of ether oxygens (including phenoxy) is 2. The third-order valence-corrected chi connectivity index (χ3v) is 7.65. The number of aromatic hydroxyl groups is 1. The lowest BCUT2D eigenvalue weighted by Gasteiger charge is -2.45. The number of carbonyl (C=O) groups is 4. The van der Waals surface area contributed by atoms with Gasteiger partial charge in [0.1, 0.15) is 35.1 Å². The smallest absolute Gasteiger partial charge is 0.408 e. The summed E-state index contributed by atoms with van der Waals surface area (Å²) in [5.41, 5.74) is -1.20. The molecule has 3 amide bonds. The van der Waals surface area contributed by atoms with Crippen LogP contribution in [0.5, 0.6) is 5.75 Å². The van der Waals surface area contributed by atoms with Crippen LogP contribution in [0.3, 0.4) is 0 Å². The number of phenolic OH excluding ortho intramolecular Hbond substituents is 1. The van der Waals surface area contributed by atoms with E-state index in [-0.39, 0.29) is 23.5 Å². The van der Waals surface area contributed by atoms with Gasteiger partial charge in [0, 0.05) is 23.3 Å². The Hall–Kier alpha value is -3.73. The number of hydrogen-bond donors (Lipinski definition) is 4. The van der Waals surface area contributed by atoms with Crippen LogP contribution in [0.1, 0.15) is 91.5 Å². The van der Waals surface area contributed by atoms with Crippen LogP contribution in [-0.2, 0) is 30.3 Å². The molecular formula is C35H51N3O7S. The first kappa shape index (κ1) is 38.5. The van der Waals surface area contributed by atoms with Crippen LogP contribution in [0, 0.1) is 6.92 Å². The van der Waals surface area contributed by atoms with Crippen molar-refractivity contribution in [2.45, 2.75) is 117 Å². The minimum atomic E-state index is -1.41. The molecule has 0 bridgehead atoms. The highest BCUT2D eigenvalue weighted by Crippen LogP contribution is 2.37. The van der Waals surface area contributed by atoms with Crippen molar-refractivity contribution in [1.82, 2.24) is 15.5 Å². The molecule has 0 aromatic heterocycles. The van der Waals surface area contributed by atoms with Gasteiger partial charge < -0.3 is 30.1 Å². The lowest BCUT2D eigenvalue weighted by molar-refractivity contribution is -0.159. The fourth-order valence-corrected chi connectivity index (χ4v) is 4.96. The number of alkyl carbamates (subject to hydrolysis) is 1. The van der Waals surface area contributed by atoms with Crippen molar-refractivity contribution in [3.05, 3.63) is 65.2 Å². The van der Waals surface area contributed by atoms with Gasteiger partial charge in [0.15, 0.2) is 0 Å². The number of carbonyl (C=O) groups excluding carboxylic acids is 4. The van der Waals surface area contributed by atoms with E-state index in [4.69, 9.17) is 9.47 Å². The molecule has 0 aliphatic heterocycles. The van der Waals surface area contributed by atoms with E-state index in [2.05, 4.69) is 23.3 Å². The molecule has 46 heavy (non-hydrogen) atoms. The number of phenols is 1. The minimum Gasteiger partial charge on any atom is -0.507 e. The summed E-state index contributed by atoms with van der Waals surface area (Å²) in [5.74, 6) is -2.25. The summed E-state index contributed by atoms with van der Waals surface area (Å²) in [6, 6.07) is 10.4. The summed E-state index contributed by atoms with van der Waals surface area (Å²) in [7, 11) is 0. The maximum absolute atomic E-state index is 14.6. The summed E-state index contributed by atoms with van der Waals surface area (Å²) in [6.45, 7) is 17.4. The van der Waals surface area contributed by atoms with Crippen LogP contribution in [0.25, 0.3) is 0 Å². The van der Waals surface area contributed by atoms with Crippen LogP contribution >= 0.6 is 12.6 Å². The molecule has 0 heterocycles. The number of esters is 1. The van der Waals surface area contributed by atoms with Gasteiger partial charge in [-0.3, -0.25) is 9.59 Å². The Morgan fingerprint density at radius 2 is 1.43 bits per heavy atom. The molecular weight excluding hydrogens is 606 g/mol. The van der Waals surface area contributed by atoms with E-state index in [1.807, 2.05) is 37.3 Å². The molecule has 0 aliphatic carbocycles. The van der Waals surface area contributed by atoms with Crippen LogP contribution < -0.4 is 10.6 Å². The molecule has 0 spiro atoms. The first-order chi connectivity index (χ1) is 21.2. The summed E-state index contributed by atoms with van der Waals surface area (Å²) in [5, 5.41) is 16.7. The quantitative estimate of drug-likeness (QED) is 0.171. The molecule has 3 N–H and O–H groups in total. The van der Waals surface area contributed by atoms with Gasteiger partial charge in [-0.15, -0.1) is 0 Å². The molecule has 0 radical (unpaired) electrons. The van der Waals surface area contributed by atoms with Crippen molar-refractivity contribution in [3.8, 4) is 5.75 Å². The average Bonchev–Trinajstić information content (AvgIpc) is 2.94. The highest BCUT2D eigenvalue weighted by atomic mass is 32.1. The monoisotopic (exact) mass is 657 g/mol. The number of para-hydroxylation sites is 1. The molecule has 3 atom stereocenters. The van der Waals surface area contributed by atoms with Gasteiger partial charge in [-0.05, 0) is 79.9 Å². The Morgan fingerprint density at radius 1 is 0.848 bits per heavy atom. The molecule has 10 nitrogen and oxygen atoms in total. The molecule has 3 unspecified atom stereocenters. The van der Waals surface area contributed by atoms with E-state index in [0.29, 0.717) is 12.0 Å². The zero-order valence-electron chi connectivity index (χ0n) is 28.8. The second-order valence-electron chi connectivity index (χ2n) is 14.0. The largest absolute Gasteiger partial charge is 0.507 e. The summed E-state index contributed by atoms with van der Waals surface area (Å²) in [6.07, 6.45) is -0.291. The molecule has 254 valence electrons. The van der Waals surface area contributed by atoms with Crippen LogP contribution in [-0.4, -0.2) is 68.5 Å². The van der Waals surface area contributed by atoms with E-state index in [1.54, 1.807) is 80.5 Å². The van der Waals surface area contributed by atoms with Gasteiger partial charge in [0.25, 0.3) is 0 Å². The van der Waals surface area contributed by atoms with E-state index >= 15 is 0 Å². The predicted molar refractivity (Wildman–Crippen MR) is 182 cm³/mol. The lowest BCUT2D eigenvalue weighted by Crippen LogP contribution is -2.60. The number of amides is 3. The Bertz CT molecular complexity index is 1370. The molecule has 2 aromatic rings. The Labute approximate surface area is 279 Å². The van der Waals surface area contributed by atoms with Crippen molar-refractivity contribution in [2.75, 3.05) is 5.75 Å². The average molecular weight is 658 g/mol. The van der Waals surface area contributed by atoms with E-state index in [1.165, 1.54) is 4.90 Å². The normalized spacial score (nSPS) is 14.0. The third-order valence-electron chi connectivity index (χ3n) is 7.29. The van der Waals surface area contributed by atoms with Crippen LogP contribution in [0.2, 0.25) is 0 Å². The molecule has 0 saturated heterocycles. The standard InChI is InChI=1S/C35H51N3O7S/c1-11-35(9,10)38(30(41)26(21-46)37-32(43)45-34(6,7)8)27(24-19-15-16-22(2)28(24)39)29(40)36-25(31(42)44-33(3,4)5)20-23-17-13-12-14-18-23/h12-19,25-27,39,46H,11,20-21H2,1-10H3,(H,36,40)(H,37,43). The molecule has 0 saturated carbocycles. The fraction of sp³-hybridized carbons (Fsp3) is 0.543. The Kier molecular flexibility index (Phi) is 13.1. The Balaban J connectivity index is 2.71. The highest BCUT2D eigenvalue weighted by molar-refractivity contribution is 7.80. The van der Waals surface area contributed by atoms with Gasteiger partial charge in [0.2, 0.25) is 11.8 Å². The fourth-order valence-electron chi connectivity index (χ4n) is 4.72. The summed E-state index contributed by atoms with van der Waals surface area (Å²) >= 11 is 4.35. The second kappa shape index (κ2) is 15.7. The van der Waals surface area contributed by atoms with Crippen molar-refractivity contribution >= 4 is 36.5 Å². The molecule has 2 rings (SSSR count). The predicted octanol–water partition coefficient (Wildman–Crippen LogP) is 5.65. The number of rotatable bonds is 12. The van der Waals surface area contributed by atoms with E-state index in [0.717, 1.165) is 5.56 Å². The van der Waals surface area contributed by atoms with Gasteiger partial charge in [-0.1, -0.05) is 55.5 Å². The van der Waals surface area contributed by atoms with Crippen molar-refractivity contribution in [1.29, 1.82) is 0 Å². The molecule has 2 aromatic carbocycles. The van der Waals surface area contributed by atoms with Crippen LogP contribution in [0.4, 0.5) is 4.79 Å². The van der Waals surface area contributed by atoms with Crippen LogP contribution in [0.15, 0.2) is 48.5 Å². The number of aryl methyl sites for hydroxylation is 1. The molecule has 0 fully saturated rings. The number of benzene rings is 2. The highest BCUT2D eigenvalue weighted by Gasteiger charge is 2.45. The zero-order valence-corrected chi connectivity index (χ0v) is 29.7. The van der Waals surface area contributed by atoms with Gasteiger partial charge in [0.05, 0.1) is 0 Å². The van der Waals surface area contributed by atoms with Crippen molar-refractivity contribution in [3.63, 3.8) is 0 Å². The maximum Gasteiger partial charge on any atom is 0.408 e. The number of hydrogen-bond acceptors (Lipinski definition) is 8. The molecule has 0 aliphatic rings. The molecule has 11 heteroatoms. The number of thiol groups is 1. The first-order valence-electron chi connectivity index (χ1n) is 15.5. The van der Waals surface area contributed by atoms with Gasteiger partial charge >= 0.3 is 12.1 Å². The van der Waals surface area contributed by atoms with E-state index in [9.17, 15) is 24.3 Å². The maximum atomic E-state index is 14.6. The lowest BCUT2D eigenvalue weighted by atomic mass is 9.91. The Morgan fingerprint density at radius 3 is 1.96 bits per heavy atom. The number of nitrogens with one attached hydrogen (secondary N) is 2. The summed E-state index contributed by atoms with van der Waals surface area (Å²) in [4.78, 5) is 56.6. The van der Waals surface area contributed by atoms with Crippen molar-refractivity contribution in [2.24, 2.45) is 0 Å². The van der Waals surface area contributed by atoms with Gasteiger partial charge in [-0.25, -0.2) is 9.59 Å². The van der Waals surface area contributed by atoms with Gasteiger partial charge in [-0.2, -0.15) is 12.6 Å². The topological polar surface area (TPSA) is 134 Å². The minimum absolute atomic E-state index is 0.100. The SMILES string of the molecule is CCC(C)(C)N(C(=O)C(CS)NC(=O)OC(C)(C)C)C(C(=O)NC(Cc1ccccc1)C(=O)OC(C)(C)C)c1cccc(C)c1O. The first-order valence-corrected chi connectivity index (χ1v) is 16.1. The second-order valence-corrected chi connectivity index (χ2v) is 14.3. The zero-order chi connectivity index (χ0) is 35.0. The third kappa shape index (κ3) is 11.0. The summed E-state index contributed by atoms with van der Waals surface area (Å²) < 4.78 is 11.1. The number of nitrogens with zero attached hydrogens (tertiary/aromatic N) is 1.